The average molecular weight is 191 g/mol. The SMILES string of the molecule is O=C1C=C(Cl)NN(Cl)N1.[Na+]. The first-order chi connectivity index (χ1) is 4.18. The van der Waals surface area contributed by atoms with Crippen LogP contribution in [0.15, 0.2) is 11.2 Å². The monoisotopic (exact) mass is 190 g/mol. The summed E-state index contributed by atoms with van der Waals surface area (Å²) in [4.78, 5) is 10.4. The maximum absolute atomic E-state index is 10.4. The van der Waals surface area contributed by atoms with E-state index in [0.717, 1.165) is 4.64 Å². The van der Waals surface area contributed by atoms with Crippen molar-refractivity contribution in [1.29, 1.82) is 0 Å². The Morgan fingerprint density at radius 2 is 2.10 bits per heavy atom. The maximum atomic E-state index is 10.4. The molecule has 0 saturated heterocycles. The van der Waals surface area contributed by atoms with Crippen LogP contribution in [0.2, 0.25) is 0 Å². The summed E-state index contributed by atoms with van der Waals surface area (Å²) in [6.07, 6.45) is 1.18. The van der Waals surface area contributed by atoms with Crippen LogP contribution < -0.4 is 40.4 Å². The Balaban J connectivity index is 0.000000810. The molecule has 1 aliphatic heterocycles. The van der Waals surface area contributed by atoms with Crippen molar-refractivity contribution >= 4 is 29.3 Å². The summed E-state index contributed by atoms with van der Waals surface area (Å²) in [5.41, 5.74) is 4.60. The summed E-state index contributed by atoms with van der Waals surface area (Å²) in [5.74, 6) is -0.353. The molecule has 0 spiro atoms. The van der Waals surface area contributed by atoms with Gasteiger partial charge in [-0.25, -0.2) is 0 Å². The molecule has 0 fully saturated rings. The van der Waals surface area contributed by atoms with Crippen molar-refractivity contribution in [2.75, 3.05) is 0 Å². The molecule has 1 amide bonds. The molecule has 50 valence electrons. The number of rotatable bonds is 0. The van der Waals surface area contributed by atoms with Gasteiger partial charge in [0, 0.05) is 17.9 Å². The topological polar surface area (TPSA) is 44.4 Å². The fourth-order valence-electron chi connectivity index (χ4n) is 0.398. The van der Waals surface area contributed by atoms with Gasteiger partial charge in [0.1, 0.15) is 5.16 Å². The Hall–Kier alpha value is 0.550. The molecule has 1 heterocycles. The number of amides is 1. The number of hydrogen-bond donors (Lipinski definition) is 2. The van der Waals surface area contributed by atoms with E-state index in [-0.39, 0.29) is 40.6 Å². The van der Waals surface area contributed by atoms with Gasteiger partial charge in [-0.1, -0.05) is 11.6 Å². The third-order valence-electron chi connectivity index (χ3n) is 0.671. The van der Waals surface area contributed by atoms with Gasteiger partial charge >= 0.3 is 29.6 Å². The number of carbonyl (C=O) groups is 1. The minimum Gasteiger partial charge on any atom is -0.276 e. The molecule has 0 atom stereocenters. The van der Waals surface area contributed by atoms with E-state index >= 15 is 0 Å². The van der Waals surface area contributed by atoms with Gasteiger partial charge in [-0.15, -0.1) is 0 Å². The summed E-state index contributed by atoms with van der Waals surface area (Å²) >= 11 is 10.6. The van der Waals surface area contributed by atoms with E-state index in [1.54, 1.807) is 0 Å². The Labute approximate surface area is 89.9 Å². The first-order valence-electron chi connectivity index (χ1n) is 2.09. The molecule has 0 aromatic rings. The average Bonchev–Trinajstić information content (AvgIpc) is 1.59. The van der Waals surface area contributed by atoms with Gasteiger partial charge < -0.3 is 0 Å². The number of hydrogen-bond acceptors (Lipinski definition) is 3. The van der Waals surface area contributed by atoms with Crippen molar-refractivity contribution in [3.05, 3.63) is 11.2 Å². The van der Waals surface area contributed by atoms with E-state index < -0.39 is 0 Å². The second-order valence-electron chi connectivity index (χ2n) is 1.36. The van der Waals surface area contributed by atoms with Gasteiger partial charge in [0.2, 0.25) is 0 Å². The van der Waals surface area contributed by atoms with Crippen molar-refractivity contribution in [2.24, 2.45) is 0 Å². The summed E-state index contributed by atoms with van der Waals surface area (Å²) < 4.78 is 0.852. The molecule has 0 radical (unpaired) electrons. The largest absolute Gasteiger partial charge is 1.00 e. The van der Waals surface area contributed by atoms with Crippen LogP contribution in [0.1, 0.15) is 0 Å². The first-order valence-corrected chi connectivity index (χ1v) is 2.80. The Bertz CT molecular complexity index is 173. The van der Waals surface area contributed by atoms with Crippen molar-refractivity contribution in [3.8, 4) is 0 Å². The normalized spacial score (nSPS) is 18.2. The Kier molecular flexibility index (Phi) is 4.68. The Morgan fingerprint density at radius 1 is 1.50 bits per heavy atom. The van der Waals surface area contributed by atoms with Crippen LogP contribution in [-0.4, -0.2) is 10.5 Å². The van der Waals surface area contributed by atoms with Crippen molar-refractivity contribution in [2.45, 2.75) is 0 Å². The number of halogens is 2. The maximum Gasteiger partial charge on any atom is 1.00 e. The smallest absolute Gasteiger partial charge is 0.276 e. The fraction of sp³-hybridized carbons (Fsp3) is 0. The molecule has 0 aliphatic carbocycles. The van der Waals surface area contributed by atoms with E-state index in [0.29, 0.717) is 0 Å². The van der Waals surface area contributed by atoms with Gasteiger partial charge in [-0.2, -0.15) is 0 Å². The molecular formula is C3H3Cl2N3NaO+. The number of hydrazine groups is 2. The van der Waals surface area contributed by atoms with Crippen LogP contribution in [0.5, 0.6) is 0 Å². The molecular weight excluding hydrogens is 188 g/mol. The molecule has 1 aliphatic rings. The summed E-state index contributed by atoms with van der Waals surface area (Å²) in [6.45, 7) is 0. The summed E-state index contributed by atoms with van der Waals surface area (Å²) in [5, 5.41) is 0.189. The van der Waals surface area contributed by atoms with Crippen LogP contribution in [0, 0.1) is 0 Å². The van der Waals surface area contributed by atoms with Gasteiger partial charge in [-0.3, -0.25) is 15.6 Å². The van der Waals surface area contributed by atoms with Crippen LogP contribution in [-0.2, 0) is 4.79 Å². The summed E-state index contributed by atoms with van der Waals surface area (Å²) in [6, 6.07) is 0. The molecule has 0 unspecified atom stereocenters. The van der Waals surface area contributed by atoms with E-state index in [4.69, 9.17) is 23.4 Å². The first kappa shape index (κ1) is 10.6. The van der Waals surface area contributed by atoms with Crippen LogP contribution in [0.25, 0.3) is 0 Å². The fourth-order valence-corrected chi connectivity index (χ4v) is 0.799. The van der Waals surface area contributed by atoms with Crippen molar-refractivity contribution in [3.63, 3.8) is 0 Å². The van der Waals surface area contributed by atoms with Crippen LogP contribution in [0.4, 0.5) is 0 Å². The van der Waals surface area contributed by atoms with E-state index in [1.807, 2.05) is 0 Å². The molecule has 0 bridgehead atoms. The minimum atomic E-state index is -0.353. The standard InChI is InChI=1S/C3H3Cl2N3O.Na/c4-2-1-3(9)7-8(5)6-2;/h1,6H,(H,7,9);/q;+1. The molecule has 4 nitrogen and oxygen atoms in total. The second kappa shape index (κ2) is 4.43. The van der Waals surface area contributed by atoms with E-state index in [1.165, 1.54) is 6.08 Å². The number of nitrogens with zero attached hydrogens (tertiary/aromatic N) is 1. The number of nitrogens with one attached hydrogen (secondary N) is 2. The van der Waals surface area contributed by atoms with Crippen LogP contribution >= 0.6 is 23.4 Å². The van der Waals surface area contributed by atoms with Gasteiger partial charge in [0.15, 0.2) is 0 Å². The molecule has 0 aromatic heterocycles. The van der Waals surface area contributed by atoms with E-state index in [2.05, 4.69) is 10.9 Å². The predicted octanol–water partition coefficient (Wildman–Crippen LogP) is -2.92. The zero-order chi connectivity index (χ0) is 6.85. The number of carbonyl (C=O) groups excluding carboxylic acids is 1. The third-order valence-corrected chi connectivity index (χ3v) is 1.03. The zero-order valence-corrected chi connectivity index (χ0v) is 8.70. The summed E-state index contributed by atoms with van der Waals surface area (Å²) in [7, 11) is 0. The molecule has 0 saturated carbocycles. The molecule has 2 N–H and O–H groups in total. The molecule has 7 heteroatoms. The quantitative estimate of drug-likeness (QED) is 0.245. The van der Waals surface area contributed by atoms with Crippen molar-refractivity contribution in [1.82, 2.24) is 15.5 Å². The van der Waals surface area contributed by atoms with Gasteiger partial charge in [0.25, 0.3) is 5.91 Å². The van der Waals surface area contributed by atoms with Gasteiger partial charge in [-0.05, 0) is 4.64 Å². The molecule has 1 rings (SSSR count). The van der Waals surface area contributed by atoms with Crippen LogP contribution in [0.3, 0.4) is 0 Å². The third kappa shape index (κ3) is 3.09. The Morgan fingerprint density at radius 3 is 2.50 bits per heavy atom. The second-order valence-corrected chi connectivity index (χ2v) is 2.11. The molecule has 10 heavy (non-hydrogen) atoms. The predicted molar refractivity (Wildman–Crippen MR) is 32.9 cm³/mol. The molecule has 0 aromatic carbocycles. The van der Waals surface area contributed by atoms with E-state index in [9.17, 15) is 4.79 Å². The van der Waals surface area contributed by atoms with Crippen molar-refractivity contribution < 1.29 is 34.4 Å². The minimum absolute atomic E-state index is 0. The zero-order valence-electron chi connectivity index (χ0n) is 5.19. The van der Waals surface area contributed by atoms with Gasteiger partial charge in [0.05, 0.1) is 0 Å².